The van der Waals surface area contributed by atoms with E-state index in [9.17, 15) is 8.78 Å². The standard InChI is InChI=1S/C20H38F4/c1-7-11-12-13-14-15-16(8-2)18(5,9-3)20(23,24)19(6,10-4)17(21)22/h16-17H,7-15H2,1-6H3. The third kappa shape index (κ3) is 4.66. The lowest BCUT2D eigenvalue weighted by atomic mass is 9.59. The van der Waals surface area contributed by atoms with Gasteiger partial charge in [-0.2, -0.15) is 0 Å². The highest BCUT2D eigenvalue weighted by atomic mass is 19.3. The Balaban J connectivity index is 5.37. The fraction of sp³-hybridized carbons (Fsp3) is 1.00. The molecule has 0 aliphatic heterocycles. The molecule has 146 valence electrons. The minimum absolute atomic E-state index is 0.218. The smallest absolute Gasteiger partial charge is 0.210 e. The van der Waals surface area contributed by atoms with Gasteiger partial charge in [0.15, 0.2) is 0 Å². The van der Waals surface area contributed by atoms with E-state index in [1.54, 1.807) is 6.92 Å². The Bertz CT molecular complexity index is 343. The topological polar surface area (TPSA) is 0 Å². The van der Waals surface area contributed by atoms with E-state index in [4.69, 9.17) is 0 Å². The van der Waals surface area contributed by atoms with Gasteiger partial charge < -0.3 is 0 Å². The normalized spacial score (nSPS) is 19.1. The quantitative estimate of drug-likeness (QED) is 0.231. The summed E-state index contributed by atoms with van der Waals surface area (Å²) in [7, 11) is 0. The van der Waals surface area contributed by atoms with E-state index in [-0.39, 0.29) is 18.8 Å². The molecule has 0 bridgehead atoms. The minimum atomic E-state index is -3.40. The molecule has 0 aliphatic carbocycles. The summed E-state index contributed by atoms with van der Waals surface area (Å²) in [6, 6.07) is 0. The van der Waals surface area contributed by atoms with Crippen molar-refractivity contribution in [3.05, 3.63) is 0 Å². The van der Waals surface area contributed by atoms with Crippen LogP contribution in [-0.4, -0.2) is 12.3 Å². The van der Waals surface area contributed by atoms with Gasteiger partial charge in [0.25, 0.3) is 5.92 Å². The van der Waals surface area contributed by atoms with E-state index in [0.717, 1.165) is 39.0 Å². The Hall–Kier alpha value is -0.280. The first-order valence-corrected chi connectivity index (χ1v) is 9.74. The Kier molecular flexibility index (Phi) is 9.89. The van der Waals surface area contributed by atoms with Crippen LogP contribution in [0.15, 0.2) is 0 Å². The first-order chi connectivity index (χ1) is 11.1. The average Bonchev–Trinajstić information content (AvgIpc) is 2.55. The first-order valence-electron chi connectivity index (χ1n) is 9.74. The summed E-state index contributed by atoms with van der Waals surface area (Å²) in [6.45, 7) is 9.80. The van der Waals surface area contributed by atoms with Crippen LogP contribution in [0.25, 0.3) is 0 Å². The predicted octanol–water partition coefficient (Wildman–Crippen LogP) is 8.11. The largest absolute Gasteiger partial charge is 0.264 e. The van der Waals surface area contributed by atoms with Gasteiger partial charge >= 0.3 is 0 Å². The second kappa shape index (κ2) is 10.0. The fourth-order valence-corrected chi connectivity index (χ4v) is 3.90. The molecule has 4 heteroatoms. The van der Waals surface area contributed by atoms with Crippen molar-refractivity contribution in [3.8, 4) is 0 Å². The lowest BCUT2D eigenvalue weighted by molar-refractivity contribution is -0.257. The summed E-state index contributed by atoms with van der Waals surface area (Å²) in [5.74, 6) is -3.63. The molecule has 0 nitrogen and oxygen atoms in total. The number of hydrogen-bond acceptors (Lipinski definition) is 0. The molecule has 0 aromatic rings. The van der Waals surface area contributed by atoms with Crippen molar-refractivity contribution >= 4 is 0 Å². The SMILES string of the molecule is CCCCCCCC(CC)C(C)(CC)C(F)(F)C(C)(CC)C(F)F. The Morgan fingerprint density at radius 3 is 1.62 bits per heavy atom. The molecule has 0 N–H and O–H groups in total. The molecule has 0 spiro atoms. The molecule has 3 unspecified atom stereocenters. The summed E-state index contributed by atoms with van der Waals surface area (Å²) in [6.07, 6.45) is 3.65. The number of halogens is 4. The van der Waals surface area contributed by atoms with Gasteiger partial charge in [0, 0.05) is 5.41 Å². The van der Waals surface area contributed by atoms with Crippen LogP contribution in [0.4, 0.5) is 17.6 Å². The van der Waals surface area contributed by atoms with Crippen molar-refractivity contribution in [2.75, 3.05) is 0 Å². The van der Waals surface area contributed by atoms with E-state index < -0.39 is 23.2 Å². The van der Waals surface area contributed by atoms with Crippen LogP contribution < -0.4 is 0 Å². The molecule has 0 saturated carbocycles. The molecule has 0 saturated heterocycles. The molecule has 3 atom stereocenters. The Labute approximate surface area is 146 Å². The average molecular weight is 355 g/mol. The van der Waals surface area contributed by atoms with Gasteiger partial charge in [0.1, 0.15) is 0 Å². The zero-order valence-corrected chi connectivity index (χ0v) is 16.5. The van der Waals surface area contributed by atoms with Gasteiger partial charge in [0.05, 0.1) is 5.41 Å². The summed E-state index contributed by atoms with van der Waals surface area (Å²) >= 11 is 0. The molecule has 0 aliphatic rings. The first kappa shape index (κ1) is 23.7. The van der Waals surface area contributed by atoms with Crippen LogP contribution in [0.5, 0.6) is 0 Å². The van der Waals surface area contributed by atoms with E-state index in [2.05, 4.69) is 6.92 Å². The van der Waals surface area contributed by atoms with Gasteiger partial charge in [-0.15, -0.1) is 0 Å². The molecule has 0 heterocycles. The van der Waals surface area contributed by atoms with Crippen LogP contribution in [0.2, 0.25) is 0 Å². The van der Waals surface area contributed by atoms with Crippen LogP contribution in [0, 0.1) is 16.7 Å². The van der Waals surface area contributed by atoms with Crippen molar-refractivity contribution < 1.29 is 17.6 Å². The molecule has 0 aromatic heterocycles. The van der Waals surface area contributed by atoms with Gasteiger partial charge in [-0.25, -0.2) is 17.6 Å². The van der Waals surface area contributed by atoms with Crippen molar-refractivity contribution in [1.29, 1.82) is 0 Å². The maximum absolute atomic E-state index is 15.4. The number of rotatable bonds is 13. The molecule has 0 fully saturated rings. The zero-order valence-electron chi connectivity index (χ0n) is 16.5. The molecule has 0 amide bonds. The second-order valence-corrected chi connectivity index (χ2v) is 7.73. The number of unbranched alkanes of at least 4 members (excludes halogenated alkanes) is 4. The fourth-order valence-electron chi connectivity index (χ4n) is 3.90. The molecular weight excluding hydrogens is 316 g/mol. The highest BCUT2D eigenvalue weighted by molar-refractivity contribution is 5.03. The zero-order chi connectivity index (χ0) is 19.0. The van der Waals surface area contributed by atoms with Gasteiger partial charge in [-0.3, -0.25) is 0 Å². The molecule has 24 heavy (non-hydrogen) atoms. The van der Waals surface area contributed by atoms with Crippen LogP contribution in [0.3, 0.4) is 0 Å². The van der Waals surface area contributed by atoms with Gasteiger partial charge in [0.2, 0.25) is 6.43 Å². The van der Waals surface area contributed by atoms with Crippen LogP contribution in [-0.2, 0) is 0 Å². The lowest BCUT2D eigenvalue weighted by Gasteiger charge is -2.50. The van der Waals surface area contributed by atoms with E-state index in [1.807, 2.05) is 6.92 Å². The second-order valence-electron chi connectivity index (χ2n) is 7.73. The molecule has 0 rings (SSSR count). The van der Waals surface area contributed by atoms with Crippen molar-refractivity contribution in [2.24, 2.45) is 16.7 Å². The summed E-state index contributed by atoms with van der Waals surface area (Å²) in [5.41, 5.74) is -3.67. The lowest BCUT2D eigenvalue weighted by Crippen LogP contribution is -2.57. The third-order valence-electron chi connectivity index (χ3n) is 6.44. The van der Waals surface area contributed by atoms with Crippen LogP contribution in [0.1, 0.15) is 99.3 Å². The van der Waals surface area contributed by atoms with Gasteiger partial charge in [-0.1, -0.05) is 73.1 Å². The highest BCUT2D eigenvalue weighted by Crippen LogP contribution is 2.59. The van der Waals surface area contributed by atoms with Gasteiger partial charge in [-0.05, 0) is 32.1 Å². The van der Waals surface area contributed by atoms with Crippen LogP contribution >= 0.6 is 0 Å². The minimum Gasteiger partial charge on any atom is -0.210 e. The number of alkyl halides is 4. The monoisotopic (exact) mass is 354 g/mol. The molecule has 0 radical (unpaired) electrons. The molecule has 0 aromatic carbocycles. The van der Waals surface area contributed by atoms with E-state index in [0.29, 0.717) is 12.8 Å². The third-order valence-corrected chi connectivity index (χ3v) is 6.44. The number of hydrogen-bond donors (Lipinski definition) is 0. The van der Waals surface area contributed by atoms with Crippen molar-refractivity contribution in [2.45, 2.75) is 112 Å². The summed E-state index contributed by atoms with van der Waals surface area (Å²) in [4.78, 5) is 0. The highest BCUT2D eigenvalue weighted by Gasteiger charge is 2.65. The van der Waals surface area contributed by atoms with Crippen molar-refractivity contribution in [1.82, 2.24) is 0 Å². The Morgan fingerprint density at radius 1 is 0.750 bits per heavy atom. The van der Waals surface area contributed by atoms with Crippen molar-refractivity contribution in [3.63, 3.8) is 0 Å². The summed E-state index contributed by atoms with van der Waals surface area (Å²) < 4.78 is 57.8. The predicted molar refractivity (Wildman–Crippen MR) is 94.9 cm³/mol. The van der Waals surface area contributed by atoms with E-state index in [1.165, 1.54) is 13.8 Å². The molecular formula is C20H38F4. The summed E-state index contributed by atoms with van der Waals surface area (Å²) in [5, 5.41) is 0. The maximum Gasteiger partial charge on any atom is 0.264 e. The Morgan fingerprint density at radius 2 is 1.25 bits per heavy atom. The van der Waals surface area contributed by atoms with E-state index >= 15 is 8.78 Å². The maximum atomic E-state index is 15.4.